The lowest BCUT2D eigenvalue weighted by molar-refractivity contribution is -0.144. The predicted molar refractivity (Wildman–Crippen MR) is 172 cm³/mol. The first-order valence-electron chi connectivity index (χ1n) is 15.8. The van der Waals surface area contributed by atoms with Gasteiger partial charge < -0.3 is 18.9 Å². The van der Waals surface area contributed by atoms with Gasteiger partial charge in [0.2, 0.25) is 0 Å². The molecule has 3 rings (SSSR count). The molecule has 3 aromatic rings. The Morgan fingerprint density at radius 1 is 0.636 bits per heavy atom. The summed E-state index contributed by atoms with van der Waals surface area (Å²) in [6, 6.07) is 21.7. The van der Waals surface area contributed by atoms with E-state index in [4.69, 9.17) is 18.9 Å². The number of rotatable bonds is 20. The molecule has 0 N–H and O–H groups in total. The first kappa shape index (κ1) is 34.4. The Morgan fingerprint density at radius 3 is 2.07 bits per heavy atom. The Bertz CT molecular complexity index is 1330. The smallest absolute Gasteiger partial charge is 0.306 e. The lowest BCUT2D eigenvalue weighted by atomic mass is 9.96. The molecule has 236 valence electrons. The maximum absolute atomic E-state index is 12.1. The number of hydrogen-bond acceptors (Lipinski definition) is 7. The molecule has 0 atom stereocenters. The van der Waals surface area contributed by atoms with Gasteiger partial charge in [0.15, 0.2) is 5.78 Å². The Labute approximate surface area is 261 Å². The Morgan fingerprint density at radius 2 is 1.34 bits per heavy atom. The SMILES string of the molecule is CCOC(=O)CCCOc1cccc(CCCCCCOc2cc(C(C)=O)cc(-c3ccccc3)c2)c1CCC(=O)OCC. The van der Waals surface area contributed by atoms with E-state index in [1.807, 2.05) is 60.7 Å². The number of esters is 2. The Balaban J connectivity index is 1.51. The van der Waals surface area contributed by atoms with Crippen LogP contribution >= 0.6 is 0 Å². The highest BCUT2D eigenvalue weighted by Crippen LogP contribution is 2.28. The number of aryl methyl sites for hydroxylation is 1. The standard InChI is InChI=1S/C37H46O7/c1-4-41-36(39)20-14-24-44-35-19-13-18-30(34(35)21-22-37(40)42-5-2)17-9-6-7-12-23-43-33-26-31(28(3)38)25-32(27-33)29-15-10-8-11-16-29/h8,10-11,13,15-16,18-19,25-27H,4-7,9,12,14,17,20-24H2,1-3H3. The van der Waals surface area contributed by atoms with Crippen molar-refractivity contribution in [2.24, 2.45) is 0 Å². The van der Waals surface area contributed by atoms with E-state index in [0.29, 0.717) is 57.0 Å². The molecule has 0 amide bonds. The van der Waals surface area contributed by atoms with Crippen LogP contribution in [0.2, 0.25) is 0 Å². The molecule has 0 fully saturated rings. The molecule has 0 bridgehead atoms. The summed E-state index contributed by atoms with van der Waals surface area (Å²) in [6.07, 6.45) is 6.54. The largest absolute Gasteiger partial charge is 0.494 e. The van der Waals surface area contributed by atoms with Crippen LogP contribution < -0.4 is 9.47 Å². The number of benzene rings is 3. The molecule has 0 saturated heterocycles. The van der Waals surface area contributed by atoms with Gasteiger partial charge in [-0.05, 0) is 99.4 Å². The fourth-order valence-corrected chi connectivity index (χ4v) is 5.00. The van der Waals surface area contributed by atoms with Crippen molar-refractivity contribution in [3.05, 3.63) is 83.4 Å². The number of carbonyl (C=O) groups is 3. The van der Waals surface area contributed by atoms with Gasteiger partial charge in [-0.3, -0.25) is 14.4 Å². The van der Waals surface area contributed by atoms with Crippen LogP contribution in [-0.2, 0) is 31.9 Å². The van der Waals surface area contributed by atoms with Crippen molar-refractivity contribution in [1.29, 1.82) is 0 Å². The molecule has 0 heterocycles. The second-order valence-electron chi connectivity index (χ2n) is 10.6. The normalized spacial score (nSPS) is 10.7. The van der Waals surface area contributed by atoms with Crippen molar-refractivity contribution in [1.82, 2.24) is 0 Å². The molecule has 0 radical (unpaired) electrons. The van der Waals surface area contributed by atoms with E-state index in [2.05, 4.69) is 6.07 Å². The van der Waals surface area contributed by atoms with Crippen molar-refractivity contribution in [3.8, 4) is 22.6 Å². The van der Waals surface area contributed by atoms with Gasteiger partial charge in [-0.15, -0.1) is 0 Å². The summed E-state index contributed by atoms with van der Waals surface area (Å²) in [7, 11) is 0. The maximum atomic E-state index is 12.1. The van der Waals surface area contributed by atoms with Gasteiger partial charge in [-0.1, -0.05) is 55.3 Å². The summed E-state index contributed by atoms with van der Waals surface area (Å²) in [4.78, 5) is 35.9. The molecule has 0 aliphatic heterocycles. The van der Waals surface area contributed by atoms with E-state index < -0.39 is 0 Å². The van der Waals surface area contributed by atoms with Crippen molar-refractivity contribution in [2.45, 2.75) is 78.6 Å². The van der Waals surface area contributed by atoms with Crippen LogP contribution in [0, 0.1) is 0 Å². The van der Waals surface area contributed by atoms with Gasteiger partial charge >= 0.3 is 11.9 Å². The van der Waals surface area contributed by atoms with E-state index in [9.17, 15) is 14.4 Å². The quantitative estimate of drug-likeness (QED) is 0.0736. The molecule has 0 aliphatic rings. The van der Waals surface area contributed by atoms with Crippen LogP contribution in [0.1, 0.15) is 87.2 Å². The number of carbonyl (C=O) groups excluding carboxylic acids is 3. The topological polar surface area (TPSA) is 88.1 Å². The summed E-state index contributed by atoms with van der Waals surface area (Å²) in [5.41, 5.74) is 4.86. The van der Waals surface area contributed by atoms with E-state index in [-0.39, 0.29) is 24.1 Å². The highest BCUT2D eigenvalue weighted by Gasteiger charge is 2.13. The van der Waals surface area contributed by atoms with Crippen LogP contribution in [0.25, 0.3) is 11.1 Å². The Hall–Kier alpha value is -4.13. The van der Waals surface area contributed by atoms with Crippen LogP contribution in [0.3, 0.4) is 0 Å². The second kappa shape index (κ2) is 19.2. The van der Waals surface area contributed by atoms with E-state index in [0.717, 1.165) is 54.5 Å². The van der Waals surface area contributed by atoms with Crippen molar-refractivity contribution in [2.75, 3.05) is 26.4 Å². The summed E-state index contributed by atoms with van der Waals surface area (Å²) in [5, 5.41) is 0. The average molecular weight is 603 g/mol. The zero-order valence-corrected chi connectivity index (χ0v) is 26.4. The zero-order valence-electron chi connectivity index (χ0n) is 26.4. The fourth-order valence-electron chi connectivity index (χ4n) is 5.00. The van der Waals surface area contributed by atoms with Crippen molar-refractivity contribution >= 4 is 17.7 Å². The number of hydrogen-bond donors (Lipinski definition) is 0. The Kier molecular flexibility index (Phi) is 15.0. The van der Waals surface area contributed by atoms with Crippen LogP contribution in [0.5, 0.6) is 11.5 Å². The van der Waals surface area contributed by atoms with Crippen LogP contribution in [0.15, 0.2) is 66.7 Å². The number of Topliss-reactive ketones (excluding diaryl/α,β-unsaturated/α-hetero) is 1. The molecule has 0 unspecified atom stereocenters. The van der Waals surface area contributed by atoms with Gasteiger partial charge in [0.1, 0.15) is 11.5 Å². The monoisotopic (exact) mass is 602 g/mol. The molecule has 7 heteroatoms. The minimum atomic E-state index is -0.223. The first-order valence-corrected chi connectivity index (χ1v) is 15.8. The molecule has 44 heavy (non-hydrogen) atoms. The molecule has 0 spiro atoms. The van der Waals surface area contributed by atoms with Gasteiger partial charge in [0, 0.05) is 18.4 Å². The zero-order chi connectivity index (χ0) is 31.6. The lowest BCUT2D eigenvalue weighted by Gasteiger charge is -2.16. The predicted octanol–water partition coefficient (Wildman–Crippen LogP) is 7.96. The number of unbranched alkanes of at least 4 members (excludes halogenated alkanes) is 3. The first-order chi connectivity index (χ1) is 21.4. The van der Waals surface area contributed by atoms with E-state index in [1.165, 1.54) is 5.56 Å². The minimum Gasteiger partial charge on any atom is -0.494 e. The number of ether oxygens (including phenoxy) is 4. The molecule has 3 aromatic carbocycles. The summed E-state index contributed by atoms with van der Waals surface area (Å²) in [6.45, 7) is 6.88. The maximum Gasteiger partial charge on any atom is 0.306 e. The average Bonchev–Trinajstić information content (AvgIpc) is 3.02. The highest BCUT2D eigenvalue weighted by atomic mass is 16.5. The van der Waals surface area contributed by atoms with Crippen LogP contribution in [0.4, 0.5) is 0 Å². The van der Waals surface area contributed by atoms with E-state index >= 15 is 0 Å². The molecule has 7 nitrogen and oxygen atoms in total. The molecular formula is C37H46O7. The highest BCUT2D eigenvalue weighted by molar-refractivity contribution is 5.96. The number of ketones is 1. The third kappa shape index (κ3) is 11.9. The molecular weight excluding hydrogens is 556 g/mol. The second-order valence-corrected chi connectivity index (χ2v) is 10.6. The summed E-state index contributed by atoms with van der Waals surface area (Å²) >= 11 is 0. The van der Waals surface area contributed by atoms with E-state index in [1.54, 1.807) is 20.8 Å². The van der Waals surface area contributed by atoms with Gasteiger partial charge in [-0.2, -0.15) is 0 Å². The minimum absolute atomic E-state index is 0.0143. The fraction of sp³-hybridized carbons (Fsp3) is 0.432. The van der Waals surface area contributed by atoms with Gasteiger partial charge in [0.05, 0.1) is 26.4 Å². The third-order valence-corrected chi connectivity index (χ3v) is 7.23. The molecule has 0 aliphatic carbocycles. The van der Waals surface area contributed by atoms with Crippen LogP contribution in [-0.4, -0.2) is 44.1 Å². The lowest BCUT2D eigenvalue weighted by Crippen LogP contribution is -2.10. The third-order valence-electron chi connectivity index (χ3n) is 7.23. The summed E-state index contributed by atoms with van der Waals surface area (Å²) < 4.78 is 22.3. The van der Waals surface area contributed by atoms with Gasteiger partial charge in [-0.25, -0.2) is 0 Å². The van der Waals surface area contributed by atoms with Crippen molar-refractivity contribution in [3.63, 3.8) is 0 Å². The summed E-state index contributed by atoms with van der Waals surface area (Å²) in [5.74, 6) is 1.04. The van der Waals surface area contributed by atoms with Crippen molar-refractivity contribution < 1.29 is 33.3 Å². The molecule has 0 aromatic heterocycles. The van der Waals surface area contributed by atoms with Gasteiger partial charge in [0.25, 0.3) is 0 Å². The molecule has 0 saturated carbocycles.